The van der Waals surface area contributed by atoms with Crippen molar-refractivity contribution in [3.8, 4) is 22.3 Å². The summed E-state index contributed by atoms with van der Waals surface area (Å²) in [6, 6.07) is 67.1. The summed E-state index contributed by atoms with van der Waals surface area (Å²) >= 11 is 3.96. The fourth-order valence-corrected chi connectivity index (χ4v) is 10.4. The molecule has 0 amide bonds. The third-order valence-electron chi connectivity index (χ3n) is 12.2. The summed E-state index contributed by atoms with van der Waals surface area (Å²) < 4.78 is 1.15. The van der Waals surface area contributed by atoms with Crippen LogP contribution < -0.4 is 5.46 Å². The van der Waals surface area contributed by atoms with Crippen molar-refractivity contribution in [3.63, 3.8) is 0 Å². The van der Waals surface area contributed by atoms with Gasteiger partial charge < -0.3 is 0 Å². The Morgan fingerprint density at radius 3 is 1.29 bits per heavy atom. The summed E-state index contributed by atoms with van der Waals surface area (Å²) in [6.45, 7) is 0. The minimum Gasteiger partial charge on any atom is -0.0813 e. The molecule has 2 heteroatoms. The summed E-state index contributed by atoms with van der Waals surface area (Å²) in [6.07, 6.45) is 0. The van der Waals surface area contributed by atoms with Crippen LogP contribution in [0.25, 0.3) is 119 Å². The molecule has 0 nitrogen and oxygen atoms in total. The quantitative estimate of drug-likeness (QED) is 0.0933. The maximum absolute atomic E-state index is 6.83. The fraction of sp³-hybridized carbons (Fsp3) is 0. The first-order valence-electron chi connectivity index (χ1n) is 19.2. The zero-order valence-electron chi connectivity index (χ0n) is 30.3. The molecule has 0 bridgehead atoms. The van der Waals surface area contributed by atoms with E-state index in [4.69, 9.17) is 7.85 Å². The van der Waals surface area contributed by atoms with Gasteiger partial charge in [-0.3, -0.25) is 0 Å². The topological polar surface area (TPSA) is 0 Å². The molecule has 0 aromatic heterocycles. The molecule has 56 heavy (non-hydrogen) atoms. The van der Waals surface area contributed by atoms with Crippen LogP contribution >= 0.6 is 15.9 Å². The van der Waals surface area contributed by atoms with Gasteiger partial charge >= 0.3 is 0 Å². The molecule has 0 heterocycles. The lowest BCUT2D eigenvalue weighted by Crippen LogP contribution is -2.06. The van der Waals surface area contributed by atoms with Crippen molar-refractivity contribution in [2.75, 3.05) is 0 Å². The van der Waals surface area contributed by atoms with Crippen molar-refractivity contribution in [2.45, 2.75) is 0 Å². The maximum atomic E-state index is 6.83. The first-order valence-corrected chi connectivity index (χ1v) is 19.9. The van der Waals surface area contributed by atoms with Gasteiger partial charge in [-0.15, -0.1) is 0 Å². The van der Waals surface area contributed by atoms with E-state index in [1.807, 2.05) is 0 Å². The van der Waals surface area contributed by atoms with Crippen LogP contribution in [-0.4, -0.2) is 7.85 Å². The molecule has 0 saturated carbocycles. The molecule has 0 fully saturated rings. The molecule has 0 unspecified atom stereocenters. The second kappa shape index (κ2) is 12.0. The molecule has 2 radical (unpaired) electrons. The molecular weight excluding hydrogens is 739 g/mol. The van der Waals surface area contributed by atoms with E-state index in [0.29, 0.717) is 0 Å². The number of rotatable bonds is 2. The number of hydrogen-bond acceptors (Lipinski definition) is 0. The van der Waals surface area contributed by atoms with Crippen molar-refractivity contribution in [1.29, 1.82) is 0 Å². The standard InChI is InChI=1S/C54H30BBr/c55-53-35-14-5-2-11-32(35)29-50-41-20-9-21-45(44(41)23-26-47(50)53)52-34-13-4-1-10-31(34)28-49-39-18-7-16-37(42(39)22-25-46(49)52)38-17-8-19-40-43(38)24-27-48-51(40)30-33-12-3-6-15-36(33)54(48)56/h1-30H. The Hall–Kier alpha value is -6.48. The highest BCUT2D eigenvalue weighted by Crippen LogP contribution is 2.46. The summed E-state index contributed by atoms with van der Waals surface area (Å²) in [7, 11) is 6.83. The molecule has 12 rings (SSSR count). The fourth-order valence-electron chi connectivity index (χ4n) is 9.68. The number of hydrogen-bond donors (Lipinski definition) is 0. The molecule has 12 aromatic carbocycles. The highest BCUT2D eigenvalue weighted by Gasteiger charge is 2.18. The number of halogens is 1. The largest absolute Gasteiger partial charge is 0.115 e. The summed E-state index contributed by atoms with van der Waals surface area (Å²) in [5.41, 5.74) is 5.81. The van der Waals surface area contributed by atoms with E-state index in [1.54, 1.807) is 0 Å². The van der Waals surface area contributed by atoms with Crippen LogP contribution in [0.2, 0.25) is 0 Å². The Labute approximate surface area is 333 Å². The lowest BCUT2D eigenvalue weighted by Gasteiger charge is -2.18. The second-order valence-electron chi connectivity index (χ2n) is 15.1. The van der Waals surface area contributed by atoms with Crippen LogP contribution in [0, 0.1) is 0 Å². The van der Waals surface area contributed by atoms with Gasteiger partial charge in [0.15, 0.2) is 0 Å². The third kappa shape index (κ3) is 4.48. The van der Waals surface area contributed by atoms with Gasteiger partial charge in [0.2, 0.25) is 0 Å². The molecular formula is C54H30BBr. The van der Waals surface area contributed by atoms with Crippen molar-refractivity contribution in [1.82, 2.24) is 0 Å². The van der Waals surface area contributed by atoms with Gasteiger partial charge in [0.05, 0.1) is 0 Å². The first kappa shape index (κ1) is 31.8. The SMILES string of the molecule is [B]c1c2ccccc2cc2c1ccc1c(-c3c4ccccc4cc4c3ccc3c(-c5cccc6c5ccc5c(Br)c7ccccc7cc56)cccc34)cccc12. The first-order chi connectivity index (χ1) is 27.6. The lowest BCUT2D eigenvalue weighted by atomic mass is 9.82. The minimum absolute atomic E-state index is 0.837. The second-order valence-corrected chi connectivity index (χ2v) is 15.9. The van der Waals surface area contributed by atoms with Crippen molar-refractivity contribution in [2.24, 2.45) is 0 Å². The van der Waals surface area contributed by atoms with E-state index in [1.165, 1.54) is 103 Å². The van der Waals surface area contributed by atoms with E-state index < -0.39 is 0 Å². The van der Waals surface area contributed by atoms with Crippen LogP contribution in [0.4, 0.5) is 0 Å². The highest BCUT2D eigenvalue weighted by atomic mass is 79.9. The molecule has 0 aliphatic carbocycles. The molecule has 0 spiro atoms. The van der Waals surface area contributed by atoms with Crippen molar-refractivity contribution in [3.05, 3.63) is 186 Å². The van der Waals surface area contributed by atoms with E-state index in [2.05, 4.69) is 198 Å². The number of benzene rings is 12. The molecule has 0 aliphatic rings. The monoisotopic (exact) mass is 768 g/mol. The average molecular weight is 770 g/mol. The lowest BCUT2D eigenvalue weighted by molar-refractivity contribution is 1.70. The van der Waals surface area contributed by atoms with E-state index in [0.717, 1.165) is 26.1 Å². The molecule has 0 atom stereocenters. The van der Waals surface area contributed by atoms with Crippen LogP contribution in [0.1, 0.15) is 0 Å². The highest BCUT2D eigenvalue weighted by molar-refractivity contribution is 9.10. The van der Waals surface area contributed by atoms with E-state index in [-0.39, 0.29) is 0 Å². The predicted octanol–water partition coefficient (Wildman–Crippen LogP) is 15.0. The van der Waals surface area contributed by atoms with Crippen LogP contribution in [0.3, 0.4) is 0 Å². The van der Waals surface area contributed by atoms with Gasteiger partial charge in [-0.1, -0.05) is 169 Å². The molecule has 0 N–H and O–H groups in total. The normalized spacial score (nSPS) is 12.1. The van der Waals surface area contributed by atoms with Crippen LogP contribution in [0.15, 0.2) is 186 Å². The average Bonchev–Trinajstić information content (AvgIpc) is 3.25. The van der Waals surface area contributed by atoms with Crippen molar-refractivity contribution < 1.29 is 0 Å². The minimum atomic E-state index is 0.837. The smallest absolute Gasteiger partial charge is 0.0813 e. The van der Waals surface area contributed by atoms with Gasteiger partial charge in [-0.05, 0) is 153 Å². The van der Waals surface area contributed by atoms with E-state index in [9.17, 15) is 0 Å². The van der Waals surface area contributed by atoms with Gasteiger partial charge in [-0.25, -0.2) is 0 Å². The maximum Gasteiger partial charge on any atom is 0.115 e. The third-order valence-corrected chi connectivity index (χ3v) is 13.1. The zero-order valence-corrected chi connectivity index (χ0v) is 31.9. The Bertz CT molecular complexity index is 3670. The Kier molecular flexibility index (Phi) is 6.83. The summed E-state index contributed by atoms with van der Waals surface area (Å²) in [5.74, 6) is 0. The van der Waals surface area contributed by atoms with Crippen LogP contribution in [0.5, 0.6) is 0 Å². The van der Waals surface area contributed by atoms with Gasteiger partial charge in [0.1, 0.15) is 7.85 Å². The Morgan fingerprint density at radius 1 is 0.268 bits per heavy atom. The summed E-state index contributed by atoms with van der Waals surface area (Å²) in [4.78, 5) is 0. The zero-order chi connectivity index (χ0) is 37.1. The Morgan fingerprint density at radius 2 is 0.661 bits per heavy atom. The van der Waals surface area contributed by atoms with Gasteiger partial charge in [0, 0.05) is 4.47 Å². The van der Waals surface area contributed by atoms with Crippen molar-refractivity contribution >= 4 is 126 Å². The predicted molar refractivity (Wildman–Crippen MR) is 248 cm³/mol. The molecule has 0 saturated heterocycles. The van der Waals surface area contributed by atoms with Crippen LogP contribution in [-0.2, 0) is 0 Å². The van der Waals surface area contributed by atoms with Gasteiger partial charge in [0.25, 0.3) is 0 Å². The molecule has 0 aliphatic heterocycles. The summed E-state index contributed by atoms with van der Waals surface area (Å²) in [5, 5.41) is 21.9. The number of fused-ring (bicyclic) bond motifs is 12. The van der Waals surface area contributed by atoms with Gasteiger partial charge in [-0.2, -0.15) is 0 Å². The molecule has 12 aromatic rings. The Balaban J connectivity index is 1.12. The molecule has 256 valence electrons. The van der Waals surface area contributed by atoms with E-state index >= 15 is 0 Å².